The molecule has 0 amide bonds. The van der Waals surface area contributed by atoms with Crippen LogP contribution in [0.15, 0.2) is 54.6 Å². The van der Waals surface area contributed by atoms with Crippen molar-refractivity contribution in [3.8, 4) is 0 Å². The number of alkyl halides is 3. The molecule has 2 aromatic carbocycles. The summed E-state index contributed by atoms with van der Waals surface area (Å²) < 4.78 is 39.8. The molecule has 0 saturated heterocycles. The lowest BCUT2D eigenvalue weighted by Crippen LogP contribution is -2.14. The monoisotopic (exact) mass is 373 g/mol. The molecule has 1 aromatic heterocycles. The van der Waals surface area contributed by atoms with Gasteiger partial charge in [0.25, 0.3) is 0 Å². The highest BCUT2D eigenvalue weighted by atomic mass is 19.4. The summed E-state index contributed by atoms with van der Waals surface area (Å²) in [6.07, 6.45) is -4.30. The van der Waals surface area contributed by atoms with Crippen molar-refractivity contribution in [2.75, 3.05) is 0 Å². The SMILES string of the molecule is Cc1nn(Cc2ccccc2)c(C)c1CNCc1ccc(C(F)(F)F)cc1. The molecule has 0 atom stereocenters. The van der Waals surface area contributed by atoms with Gasteiger partial charge in [0, 0.05) is 24.3 Å². The van der Waals surface area contributed by atoms with Crippen LogP contribution in [0.2, 0.25) is 0 Å². The van der Waals surface area contributed by atoms with Crippen molar-refractivity contribution in [1.82, 2.24) is 15.1 Å². The Morgan fingerprint density at radius 3 is 2.19 bits per heavy atom. The number of benzene rings is 2. The molecule has 1 heterocycles. The molecule has 3 rings (SSSR count). The van der Waals surface area contributed by atoms with Gasteiger partial charge in [-0.15, -0.1) is 0 Å². The highest BCUT2D eigenvalue weighted by Crippen LogP contribution is 2.29. The summed E-state index contributed by atoms with van der Waals surface area (Å²) in [4.78, 5) is 0. The summed E-state index contributed by atoms with van der Waals surface area (Å²) in [5.41, 5.74) is 4.56. The summed E-state index contributed by atoms with van der Waals surface area (Å²) in [5, 5.41) is 7.92. The quantitative estimate of drug-likeness (QED) is 0.669. The van der Waals surface area contributed by atoms with Gasteiger partial charge in [0.05, 0.1) is 17.8 Å². The fourth-order valence-electron chi connectivity index (χ4n) is 3.04. The van der Waals surface area contributed by atoms with E-state index in [0.29, 0.717) is 19.6 Å². The standard InChI is InChI=1S/C21H22F3N3/c1-15-20(16(2)27(26-15)14-18-6-4-3-5-7-18)13-25-12-17-8-10-19(11-9-17)21(22,23)24/h3-11,25H,12-14H2,1-2H3. The molecule has 3 aromatic rings. The maximum absolute atomic E-state index is 12.6. The Bertz CT molecular complexity index is 882. The molecule has 0 aliphatic heterocycles. The molecular formula is C21H22F3N3. The molecule has 0 aliphatic rings. The van der Waals surface area contributed by atoms with Gasteiger partial charge in [-0.2, -0.15) is 18.3 Å². The molecule has 0 bridgehead atoms. The van der Waals surface area contributed by atoms with Gasteiger partial charge in [0.2, 0.25) is 0 Å². The van der Waals surface area contributed by atoms with Gasteiger partial charge in [-0.25, -0.2) is 0 Å². The first-order valence-electron chi connectivity index (χ1n) is 8.78. The van der Waals surface area contributed by atoms with E-state index in [2.05, 4.69) is 22.5 Å². The molecule has 0 unspecified atom stereocenters. The van der Waals surface area contributed by atoms with Crippen molar-refractivity contribution in [2.45, 2.75) is 39.7 Å². The molecule has 3 nitrogen and oxygen atoms in total. The molecule has 0 saturated carbocycles. The summed E-state index contributed by atoms with van der Waals surface area (Å²) in [7, 11) is 0. The molecule has 0 aliphatic carbocycles. The summed E-state index contributed by atoms with van der Waals surface area (Å²) >= 11 is 0. The Morgan fingerprint density at radius 1 is 0.889 bits per heavy atom. The average molecular weight is 373 g/mol. The fourth-order valence-corrected chi connectivity index (χ4v) is 3.04. The number of hydrogen-bond acceptors (Lipinski definition) is 2. The minimum atomic E-state index is -4.30. The normalized spacial score (nSPS) is 11.7. The van der Waals surface area contributed by atoms with E-state index in [9.17, 15) is 13.2 Å². The number of aryl methyl sites for hydroxylation is 1. The molecule has 27 heavy (non-hydrogen) atoms. The van der Waals surface area contributed by atoms with E-state index in [4.69, 9.17) is 0 Å². The first-order valence-corrected chi connectivity index (χ1v) is 8.78. The number of rotatable bonds is 6. The molecule has 142 valence electrons. The highest BCUT2D eigenvalue weighted by molar-refractivity contribution is 5.27. The Labute approximate surface area is 156 Å². The van der Waals surface area contributed by atoms with Gasteiger partial charge in [0.1, 0.15) is 0 Å². The highest BCUT2D eigenvalue weighted by Gasteiger charge is 2.29. The van der Waals surface area contributed by atoms with Gasteiger partial charge in [0.15, 0.2) is 0 Å². The third kappa shape index (κ3) is 4.77. The zero-order valence-corrected chi connectivity index (χ0v) is 15.3. The molecule has 0 spiro atoms. The Hall–Kier alpha value is -2.60. The lowest BCUT2D eigenvalue weighted by molar-refractivity contribution is -0.137. The van der Waals surface area contributed by atoms with Gasteiger partial charge < -0.3 is 5.32 Å². The second kappa shape index (κ2) is 7.96. The summed E-state index contributed by atoms with van der Waals surface area (Å²) in [5.74, 6) is 0. The van der Waals surface area contributed by atoms with Crippen molar-refractivity contribution in [3.05, 3.63) is 88.2 Å². The maximum atomic E-state index is 12.6. The van der Waals surface area contributed by atoms with Crippen LogP contribution in [0.5, 0.6) is 0 Å². The minimum Gasteiger partial charge on any atom is -0.308 e. The third-order valence-electron chi connectivity index (χ3n) is 4.62. The van der Waals surface area contributed by atoms with Crippen LogP contribution in [0, 0.1) is 13.8 Å². The summed E-state index contributed by atoms with van der Waals surface area (Å²) in [6.45, 7) is 5.85. The molecule has 6 heteroatoms. The molecular weight excluding hydrogens is 351 g/mol. The third-order valence-corrected chi connectivity index (χ3v) is 4.62. The second-order valence-corrected chi connectivity index (χ2v) is 6.59. The van der Waals surface area contributed by atoms with Crippen LogP contribution in [0.4, 0.5) is 13.2 Å². The van der Waals surface area contributed by atoms with Crippen LogP contribution in [0.3, 0.4) is 0 Å². The van der Waals surface area contributed by atoms with E-state index < -0.39 is 11.7 Å². The van der Waals surface area contributed by atoms with Crippen LogP contribution >= 0.6 is 0 Å². The van der Waals surface area contributed by atoms with Crippen molar-refractivity contribution in [3.63, 3.8) is 0 Å². The summed E-state index contributed by atoms with van der Waals surface area (Å²) in [6, 6.07) is 15.4. The van der Waals surface area contributed by atoms with Crippen molar-refractivity contribution in [2.24, 2.45) is 0 Å². The average Bonchev–Trinajstić information content (AvgIpc) is 2.89. The fraction of sp³-hybridized carbons (Fsp3) is 0.286. The van der Waals surface area contributed by atoms with E-state index >= 15 is 0 Å². The Balaban J connectivity index is 1.61. The first kappa shape index (κ1) is 19.2. The predicted molar refractivity (Wildman–Crippen MR) is 99.2 cm³/mol. The second-order valence-electron chi connectivity index (χ2n) is 6.59. The lowest BCUT2D eigenvalue weighted by Gasteiger charge is -2.09. The van der Waals surface area contributed by atoms with Crippen molar-refractivity contribution >= 4 is 0 Å². The van der Waals surface area contributed by atoms with Crippen molar-refractivity contribution < 1.29 is 13.2 Å². The van der Waals surface area contributed by atoms with Crippen LogP contribution in [0.25, 0.3) is 0 Å². The topological polar surface area (TPSA) is 29.9 Å². The van der Waals surface area contributed by atoms with Gasteiger partial charge in [-0.1, -0.05) is 42.5 Å². The molecule has 0 radical (unpaired) electrons. The van der Waals surface area contributed by atoms with Gasteiger partial charge in [-0.3, -0.25) is 4.68 Å². The largest absolute Gasteiger partial charge is 0.416 e. The Morgan fingerprint density at radius 2 is 1.56 bits per heavy atom. The number of aromatic nitrogens is 2. The van der Waals surface area contributed by atoms with Crippen molar-refractivity contribution in [1.29, 1.82) is 0 Å². The predicted octanol–water partition coefficient (Wildman–Crippen LogP) is 4.86. The Kier molecular flexibility index (Phi) is 5.65. The zero-order chi connectivity index (χ0) is 19.4. The van der Waals surface area contributed by atoms with Gasteiger partial charge in [-0.05, 0) is 37.1 Å². The lowest BCUT2D eigenvalue weighted by atomic mass is 10.1. The van der Waals surface area contributed by atoms with E-state index in [1.165, 1.54) is 17.7 Å². The smallest absolute Gasteiger partial charge is 0.308 e. The number of halogens is 3. The van der Waals surface area contributed by atoms with Gasteiger partial charge >= 0.3 is 6.18 Å². The van der Waals surface area contributed by atoms with E-state index in [1.807, 2.05) is 36.7 Å². The molecule has 1 N–H and O–H groups in total. The number of nitrogens with one attached hydrogen (secondary N) is 1. The molecule has 0 fully saturated rings. The number of hydrogen-bond donors (Lipinski definition) is 1. The minimum absolute atomic E-state index is 0.501. The van der Waals surface area contributed by atoms with Crippen LogP contribution in [0.1, 0.15) is 33.6 Å². The van der Waals surface area contributed by atoms with Crippen LogP contribution in [-0.4, -0.2) is 9.78 Å². The van der Waals surface area contributed by atoms with E-state index in [1.54, 1.807) is 0 Å². The first-order chi connectivity index (χ1) is 12.8. The maximum Gasteiger partial charge on any atom is 0.416 e. The van der Waals surface area contributed by atoms with E-state index in [-0.39, 0.29) is 0 Å². The van der Waals surface area contributed by atoms with Crippen LogP contribution < -0.4 is 5.32 Å². The zero-order valence-electron chi connectivity index (χ0n) is 15.3. The van der Waals surface area contributed by atoms with E-state index in [0.717, 1.165) is 34.6 Å². The number of nitrogens with zero attached hydrogens (tertiary/aromatic N) is 2. The van der Waals surface area contributed by atoms with Crippen LogP contribution in [-0.2, 0) is 25.8 Å².